The predicted molar refractivity (Wildman–Crippen MR) is 80.1 cm³/mol. The molecule has 0 atom stereocenters. The van der Waals surface area contributed by atoms with Crippen molar-refractivity contribution in [2.75, 3.05) is 17.2 Å². The van der Waals surface area contributed by atoms with Gasteiger partial charge in [0.25, 0.3) is 0 Å². The maximum absolute atomic E-state index is 11.2. The summed E-state index contributed by atoms with van der Waals surface area (Å²) in [5, 5.41) is 13.4. The first-order valence-corrected chi connectivity index (χ1v) is 6.77. The number of nitrogens with one attached hydrogen (secondary N) is 2. The van der Waals surface area contributed by atoms with Gasteiger partial charge in [0.1, 0.15) is 0 Å². The maximum atomic E-state index is 11.2. The number of nitrogens with zero attached hydrogens (tertiary/aromatic N) is 2. The third-order valence-corrected chi connectivity index (χ3v) is 2.82. The Bertz CT molecular complexity index is 572. The molecule has 1 aromatic carbocycles. The summed E-state index contributed by atoms with van der Waals surface area (Å²) in [7, 11) is 0. The number of carbonyl (C=O) groups is 1. The Morgan fingerprint density at radius 3 is 2.40 bits per heavy atom. The Balaban J connectivity index is 1.97. The second kappa shape index (κ2) is 6.85. The summed E-state index contributed by atoms with van der Waals surface area (Å²) in [5.41, 5.74) is 0.897. The van der Waals surface area contributed by atoms with Crippen LogP contribution in [0.4, 0.5) is 22.1 Å². The van der Waals surface area contributed by atoms with E-state index in [4.69, 9.17) is 4.74 Å². The highest BCUT2D eigenvalue weighted by Gasteiger charge is 2.04. The standard InChI is InChI=1S/C13H13BrN4O2/c1-2-20-13(19)16-12-8-7-11(17-18-12)15-10-5-3-9(14)4-6-10/h3-8H,2H2,1H3,(H,15,17)(H,16,18,19). The minimum absolute atomic E-state index is 0.308. The molecule has 2 rings (SSSR count). The highest BCUT2D eigenvalue weighted by atomic mass is 79.9. The third kappa shape index (κ3) is 4.20. The normalized spacial score (nSPS) is 9.90. The Labute approximate surface area is 124 Å². The molecule has 7 heteroatoms. The molecule has 0 fully saturated rings. The number of rotatable bonds is 4. The van der Waals surface area contributed by atoms with E-state index in [1.54, 1.807) is 19.1 Å². The van der Waals surface area contributed by atoms with Gasteiger partial charge in [-0.15, -0.1) is 10.2 Å². The molecular weight excluding hydrogens is 324 g/mol. The lowest BCUT2D eigenvalue weighted by molar-refractivity contribution is 0.168. The number of amides is 1. The Morgan fingerprint density at radius 2 is 1.80 bits per heavy atom. The van der Waals surface area contributed by atoms with E-state index in [0.717, 1.165) is 10.2 Å². The van der Waals surface area contributed by atoms with Gasteiger partial charge in [-0.3, -0.25) is 5.32 Å². The van der Waals surface area contributed by atoms with E-state index in [1.807, 2.05) is 24.3 Å². The summed E-state index contributed by atoms with van der Waals surface area (Å²) in [4.78, 5) is 11.2. The third-order valence-electron chi connectivity index (χ3n) is 2.29. The van der Waals surface area contributed by atoms with Gasteiger partial charge < -0.3 is 10.1 Å². The van der Waals surface area contributed by atoms with Gasteiger partial charge in [0.05, 0.1) is 6.61 Å². The highest BCUT2D eigenvalue weighted by molar-refractivity contribution is 9.10. The number of hydrogen-bond acceptors (Lipinski definition) is 5. The molecule has 2 aromatic rings. The highest BCUT2D eigenvalue weighted by Crippen LogP contribution is 2.18. The van der Waals surface area contributed by atoms with Crippen LogP contribution in [0.2, 0.25) is 0 Å². The largest absolute Gasteiger partial charge is 0.450 e. The molecule has 0 unspecified atom stereocenters. The average Bonchev–Trinajstić information content (AvgIpc) is 2.44. The second-order valence-electron chi connectivity index (χ2n) is 3.78. The van der Waals surface area contributed by atoms with E-state index in [9.17, 15) is 4.79 Å². The topological polar surface area (TPSA) is 76.1 Å². The molecule has 1 aromatic heterocycles. The minimum atomic E-state index is -0.546. The molecule has 0 saturated carbocycles. The molecule has 0 saturated heterocycles. The fraction of sp³-hybridized carbons (Fsp3) is 0.154. The molecule has 20 heavy (non-hydrogen) atoms. The zero-order valence-electron chi connectivity index (χ0n) is 10.8. The van der Waals surface area contributed by atoms with E-state index in [0.29, 0.717) is 18.2 Å². The van der Waals surface area contributed by atoms with Crippen LogP contribution in [0.25, 0.3) is 0 Å². The molecule has 2 N–H and O–H groups in total. The van der Waals surface area contributed by atoms with Crippen molar-refractivity contribution >= 4 is 39.3 Å². The quantitative estimate of drug-likeness (QED) is 0.892. The molecule has 6 nitrogen and oxygen atoms in total. The second-order valence-corrected chi connectivity index (χ2v) is 4.70. The van der Waals surface area contributed by atoms with Crippen LogP contribution in [-0.2, 0) is 4.74 Å². The number of benzene rings is 1. The summed E-state index contributed by atoms with van der Waals surface area (Å²) >= 11 is 3.37. The van der Waals surface area contributed by atoms with Crippen LogP contribution in [0.15, 0.2) is 40.9 Å². The maximum Gasteiger partial charge on any atom is 0.412 e. The van der Waals surface area contributed by atoms with Crippen molar-refractivity contribution in [1.82, 2.24) is 10.2 Å². The Morgan fingerprint density at radius 1 is 1.15 bits per heavy atom. The van der Waals surface area contributed by atoms with E-state index < -0.39 is 6.09 Å². The first-order chi connectivity index (χ1) is 9.67. The van der Waals surface area contributed by atoms with Crippen LogP contribution >= 0.6 is 15.9 Å². The van der Waals surface area contributed by atoms with Crippen molar-refractivity contribution in [1.29, 1.82) is 0 Å². The number of halogens is 1. The van der Waals surface area contributed by atoms with Gasteiger partial charge in [-0.25, -0.2) is 4.79 Å². The molecule has 1 amide bonds. The first kappa shape index (κ1) is 14.3. The molecule has 1 heterocycles. The smallest absolute Gasteiger partial charge is 0.412 e. The molecule has 0 aliphatic rings. The lowest BCUT2D eigenvalue weighted by Crippen LogP contribution is -2.14. The van der Waals surface area contributed by atoms with Gasteiger partial charge in [-0.1, -0.05) is 15.9 Å². The van der Waals surface area contributed by atoms with Gasteiger partial charge in [0.2, 0.25) is 0 Å². The number of anilines is 3. The molecular formula is C13H13BrN4O2. The van der Waals surface area contributed by atoms with Gasteiger partial charge in [0, 0.05) is 10.2 Å². The van der Waals surface area contributed by atoms with Gasteiger partial charge >= 0.3 is 6.09 Å². The van der Waals surface area contributed by atoms with E-state index in [-0.39, 0.29) is 0 Å². The molecule has 0 radical (unpaired) electrons. The van der Waals surface area contributed by atoms with Crippen LogP contribution in [0.1, 0.15) is 6.92 Å². The summed E-state index contributed by atoms with van der Waals surface area (Å²) < 4.78 is 5.75. The zero-order chi connectivity index (χ0) is 14.4. The average molecular weight is 337 g/mol. The Hall–Kier alpha value is -2.15. The summed E-state index contributed by atoms with van der Waals surface area (Å²) in [6, 6.07) is 11.0. The van der Waals surface area contributed by atoms with Crippen LogP contribution in [0, 0.1) is 0 Å². The molecule has 0 spiro atoms. The number of aromatic nitrogens is 2. The van der Waals surface area contributed by atoms with Crippen molar-refractivity contribution in [3.05, 3.63) is 40.9 Å². The zero-order valence-corrected chi connectivity index (χ0v) is 12.3. The molecule has 0 aliphatic heterocycles. The number of ether oxygens (including phenoxy) is 1. The monoisotopic (exact) mass is 336 g/mol. The van der Waals surface area contributed by atoms with E-state index >= 15 is 0 Å². The predicted octanol–water partition coefficient (Wildman–Crippen LogP) is 3.55. The lowest BCUT2D eigenvalue weighted by atomic mass is 10.3. The summed E-state index contributed by atoms with van der Waals surface area (Å²) in [6.07, 6.45) is -0.546. The minimum Gasteiger partial charge on any atom is -0.450 e. The SMILES string of the molecule is CCOC(=O)Nc1ccc(Nc2ccc(Br)cc2)nn1. The van der Waals surface area contributed by atoms with E-state index in [2.05, 4.69) is 36.8 Å². The molecule has 0 aliphatic carbocycles. The molecule has 0 bridgehead atoms. The number of hydrogen-bond donors (Lipinski definition) is 2. The van der Waals surface area contributed by atoms with Crippen LogP contribution in [0.5, 0.6) is 0 Å². The van der Waals surface area contributed by atoms with Crippen LogP contribution < -0.4 is 10.6 Å². The van der Waals surface area contributed by atoms with Gasteiger partial charge in [-0.2, -0.15) is 0 Å². The van der Waals surface area contributed by atoms with Gasteiger partial charge in [-0.05, 0) is 43.3 Å². The molecule has 104 valence electrons. The van der Waals surface area contributed by atoms with Crippen LogP contribution in [0.3, 0.4) is 0 Å². The fourth-order valence-corrected chi connectivity index (χ4v) is 1.68. The van der Waals surface area contributed by atoms with Crippen molar-refractivity contribution < 1.29 is 9.53 Å². The lowest BCUT2D eigenvalue weighted by Gasteiger charge is -2.06. The van der Waals surface area contributed by atoms with Crippen molar-refractivity contribution in [2.45, 2.75) is 6.92 Å². The summed E-state index contributed by atoms with van der Waals surface area (Å²) in [6.45, 7) is 2.04. The first-order valence-electron chi connectivity index (χ1n) is 5.97. The van der Waals surface area contributed by atoms with Crippen LogP contribution in [-0.4, -0.2) is 22.9 Å². The van der Waals surface area contributed by atoms with Crippen molar-refractivity contribution in [3.8, 4) is 0 Å². The van der Waals surface area contributed by atoms with Gasteiger partial charge in [0.15, 0.2) is 11.6 Å². The fourth-order valence-electron chi connectivity index (χ4n) is 1.42. The number of carbonyl (C=O) groups excluding carboxylic acids is 1. The summed E-state index contributed by atoms with van der Waals surface area (Å²) in [5.74, 6) is 0.923. The Kier molecular flexibility index (Phi) is 4.89. The van der Waals surface area contributed by atoms with Crippen molar-refractivity contribution in [2.24, 2.45) is 0 Å². The van der Waals surface area contributed by atoms with E-state index in [1.165, 1.54) is 0 Å². The van der Waals surface area contributed by atoms with Crippen molar-refractivity contribution in [3.63, 3.8) is 0 Å².